The minimum absolute atomic E-state index is 0.696. The average Bonchev–Trinajstić information content (AvgIpc) is 2.84. The highest BCUT2D eigenvalue weighted by Gasteiger charge is 2.16. The van der Waals surface area contributed by atoms with Crippen molar-refractivity contribution in [3.63, 3.8) is 0 Å². The van der Waals surface area contributed by atoms with Gasteiger partial charge in [0.2, 0.25) is 0 Å². The van der Waals surface area contributed by atoms with Crippen LogP contribution >= 0.6 is 0 Å². The molecule has 2 aromatic carbocycles. The Balaban J connectivity index is 2.06. The van der Waals surface area contributed by atoms with Gasteiger partial charge >= 0.3 is 0 Å². The van der Waals surface area contributed by atoms with Crippen LogP contribution < -0.4 is 14.4 Å². The van der Waals surface area contributed by atoms with Crippen molar-refractivity contribution in [3.8, 4) is 17.2 Å². The number of anilines is 1. The summed E-state index contributed by atoms with van der Waals surface area (Å²) in [5.41, 5.74) is 1.83. The molecule has 22 heavy (non-hydrogen) atoms. The zero-order valence-corrected chi connectivity index (χ0v) is 13.2. The van der Waals surface area contributed by atoms with E-state index in [-0.39, 0.29) is 0 Å². The largest absolute Gasteiger partial charge is 0.497 e. The highest BCUT2D eigenvalue weighted by Crippen LogP contribution is 2.39. The van der Waals surface area contributed by atoms with Crippen LogP contribution in [-0.2, 0) is 0 Å². The first kappa shape index (κ1) is 14.3. The van der Waals surface area contributed by atoms with Crippen LogP contribution in [0, 0.1) is 6.92 Å². The molecule has 0 bridgehead atoms. The molecule has 0 radical (unpaired) electrons. The fourth-order valence-electron chi connectivity index (χ4n) is 2.63. The zero-order valence-electron chi connectivity index (χ0n) is 13.2. The highest BCUT2D eigenvalue weighted by molar-refractivity contribution is 5.96. The van der Waals surface area contributed by atoms with Gasteiger partial charge < -0.3 is 18.8 Å². The van der Waals surface area contributed by atoms with E-state index < -0.39 is 0 Å². The van der Waals surface area contributed by atoms with Crippen molar-refractivity contribution in [3.05, 3.63) is 48.2 Å². The number of nitrogens with zero attached hydrogens (tertiary/aromatic N) is 1. The number of benzene rings is 2. The van der Waals surface area contributed by atoms with Crippen molar-refractivity contribution in [1.82, 2.24) is 0 Å². The Hall–Kier alpha value is -2.62. The Bertz CT molecular complexity index is 805. The van der Waals surface area contributed by atoms with Gasteiger partial charge in [-0.15, -0.1) is 0 Å². The average molecular weight is 297 g/mol. The van der Waals surface area contributed by atoms with Gasteiger partial charge in [-0.2, -0.15) is 0 Å². The Morgan fingerprint density at radius 1 is 1.00 bits per heavy atom. The van der Waals surface area contributed by atoms with Crippen LogP contribution in [0.1, 0.15) is 5.76 Å². The molecule has 114 valence electrons. The van der Waals surface area contributed by atoms with Gasteiger partial charge in [0.1, 0.15) is 17.3 Å². The molecule has 0 aliphatic heterocycles. The second-order valence-corrected chi connectivity index (χ2v) is 5.32. The Morgan fingerprint density at radius 3 is 2.45 bits per heavy atom. The monoisotopic (exact) mass is 297 g/mol. The lowest BCUT2D eigenvalue weighted by atomic mass is 10.2. The fraction of sp³-hybridized carbons (Fsp3) is 0.222. The van der Waals surface area contributed by atoms with E-state index in [1.165, 1.54) is 0 Å². The summed E-state index contributed by atoms with van der Waals surface area (Å²) in [6.45, 7) is 1.96. The molecule has 3 aromatic rings. The Labute approximate surface area is 129 Å². The standard InChI is InChI=1S/C18H19NO3/c1-12-17(19(2)3)15-9-6-10-16(18(15)21-12)22-14-8-5-7-13(11-14)20-4/h5-11H,1-4H3. The van der Waals surface area contributed by atoms with Crippen LogP contribution in [0.3, 0.4) is 0 Å². The zero-order chi connectivity index (χ0) is 15.7. The smallest absolute Gasteiger partial charge is 0.178 e. The van der Waals surface area contributed by atoms with Crippen molar-refractivity contribution >= 4 is 16.7 Å². The summed E-state index contributed by atoms with van der Waals surface area (Å²) in [5, 5.41) is 1.04. The van der Waals surface area contributed by atoms with Crippen LogP contribution in [0.2, 0.25) is 0 Å². The predicted octanol–water partition coefficient (Wildman–Crippen LogP) is 4.61. The molecule has 0 amide bonds. The number of methoxy groups -OCH3 is 1. The summed E-state index contributed by atoms with van der Waals surface area (Å²) in [6.07, 6.45) is 0. The third-order valence-electron chi connectivity index (χ3n) is 3.54. The second-order valence-electron chi connectivity index (χ2n) is 5.32. The van der Waals surface area contributed by atoms with Crippen molar-refractivity contribution in [2.75, 3.05) is 26.1 Å². The van der Waals surface area contributed by atoms with Crippen molar-refractivity contribution in [2.24, 2.45) is 0 Å². The van der Waals surface area contributed by atoms with Crippen molar-refractivity contribution in [1.29, 1.82) is 0 Å². The first-order chi connectivity index (χ1) is 10.6. The van der Waals surface area contributed by atoms with Crippen LogP contribution in [0.15, 0.2) is 46.9 Å². The van der Waals surface area contributed by atoms with E-state index in [0.717, 1.165) is 28.2 Å². The van der Waals surface area contributed by atoms with Crippen LogP contribution in [0.25, 0.3) is 11.0 Å². The third kappa shape index (κ3) is 2.48. The van der Waals surface area contributed by atoms with Crippen LogP contribution in [0.5, 0.6) is 17.2 Å². The molecule has 0 fully saturated rings. The van der Waals surface area contributed by atoms with E-state index in [9.17, 15) is 0 Å². The van der Waals surface area contributed by atoms with E-state index in [0.29, 0.717) is 11.5 Å². The molecule has 0 aliphatic rings. The molecule has 0 saturated carbocycles. The molecule has 0 saturated heterocycles. The number of furan rings is 1. The highest BCUT2D eigenvalue weighted by atomic mass is 16.5. The maximum atomic E-state index is 5.99. The summed E-state index contributed by atoms with van der Waals surface area (Å²) in [7, 11) is 5.65. The first-order valence-electron chi connectivity index (χ1n) is 7.11. The minimum Gasteiger partial charge on any atom is -0.497 e. The van der Waals surface area contributed by atoms with E-state index >= 15 is 0 Å². The predicted molar refractivity (Wildman–Crippen MR) is 88.3 cm³/mol. The number of rotatable bonds is 4. The van der Waals surface area contributed by atoms with Gasteiger partial charge in [-0.05, 0) is 31.2 Å². The van der Waals surface area contributed by atoms with Gasteiger partial charge in [0, 0.05) is 25.5 Å². The number of para-hydroxylation sites is 1. The van der Waals surface area contributed by atoms with Crippen LogP contribution in [0.4, 0.5) is 5.69 Å². The number of aryl methyl sites for hydroxylation is 1. The first-order valence-corrected chi connectivity index (χ1v) is 7.11. The number of ether oxygens (including phenoxy) is 2. The Kier molecular flexibility index (Phi) is 3.67. The van der Waals surface area contributed by atoms with Crippen LogP contribution in [-0.4, -0.2) is 21.2 Å². The molecule has 4 heteroatoms. The number of hydrogen-bond donors (Lipinski definition) is 0. The molecule has 1 heterocycles. The quantitative estimate of drug-likeness (QED) is 0.704. The molecule has 0 N–H and O–H groups in total. The molecule has 1 aromatic heterocycles. The van der Waals surface area contributed by atoms with Gasteiger partial charge in [-0.25, -0.2) is 0 Å². The number of fused-ring (bicyclic) bond motifs is 1. The van der Waals surface area contributed by atoms with Gasteiger partial charge in [0.05, 0.1) is 12.8 Å². The fourth-order valence-corrected chi connectivity index (χ4v) is 2.63. The Morgan fingerprint density at radius 2 is 1.73 bits per heavy atom. The molecule has 3 rings (SSSR count). The topological polar surface area (TPSA) is 34.8 Å². The second kappa shape index (κ2) is 5.64. The van der Waals surface area contributed by atoms with Crippen molar-refractivity contribution in [2.45, 2.75) is 6.92 Å². The summed E-state index contributed by atoms with van der Waals surface area (Å²) in [6, 6.07) is 13.4. The van der Waals surface area contributed by atoms with Gasteiger partial charge in [-0.1, -0.05) is 12.1 Å². The molecule has 0 atom stereocenters. The molecule has 0 aliphatic carbocycles. The molecular formula is C18H19NO3. The summed E-state index contributed by atoms with van der Waals surface area (Å²) in [5.74, 6) is 3.05. The lowest BCUT2D eigenvalue weighted by molar-refractivity contribution is 0.408. The van der Waals surface area contributed by atoms with Crippen molar-refractivity contribution < 1.29 is 13.9 Å². The SMILES string of the molecule is COc1cccc(Oc2cccc3c(N(C)C)c(C)oc23)c1. The summed E-state index contributed by atoms with van der Waals surface area (Å²) < 4.78 is 17.1. The summed E-state index contributed by atoms with van der Waals surface area (Å²) >= 11 is 0. The number of hydrogen-bond acceptors (Lipinski definition) is 4. The molecular weight excluding hydrogens is 278 g/mol. The van der Waals surface area contributed by atoms with Gasteiger partial charge in [0.25, 0.3) is 0 Å². The van der Waals surface area contributed by atoms with E-state index in [4.69, 9.17) is 13.9 Å². The lowest BCUT2D eigenvalue weighted by Crippen LogP contribution is -2.08. The summed E-state index contributed by atoms with van der Waals surface area (Å²) in [4.78, 5) is 2.05. The molecule has 0 unspecified atom stereocenters. The van der Waals surface area contributed by atoms with Gasteiger partial charge in [0.15, 0.2) is 11.3 Å². The minimum atomic E-state index is 0.696. The lowest BCUT2D eigenvalue weighted by Gasteiger charge is -2.11. The van der Waals surface area contributed by atoms with Gasteiger partial charge in [-0.3, -0.25) is 0 Å². The van der Waals surface area contributed by atoms with E-state index in [2.05, 4.69) is 4.90 Å². The van der Waals surface area contributed by atoms with E-state index in [1.807, 2.05) is 63.5 Å². The molecule has 4 nitrogen and oxygen atoms in total. The molecule has 0 spiro atoms. The maximum Gasteiger partial charge on any atom is 0.178 e. The third-order valence-corrected chi connectivity index (χ3v) is 3.54. The normalized spacial score (nSPS) is 10.7. The van der Waals surface area contributed by atoms with E-state index in [1.54, 1.807) is 7.11 Å². The maximum absolute atomic E-state index is 5.99.